The number of hydrogen-bond donors (Lipinski definition) is 2. The Labute approximate surface area is 110 Å². The summed E-state index contributed by atoms with van der Waals surface area (Å²) in [6.45, 7) is 1.83. The van der Waals surface area contributed by atoms with E-state index < -0.39 is 0 Å². The monoisotopic (exact) mass is 262 g/mol. The lowest BCUT2D eigenvalue weighted by atomic mass is 10.2. The van der Waals surface area contributed by atoms with Gasteiger partial charge in [0, 0.05) is 19.2 Å². The van der Waals surface area contributed by atoms with E-state index >= 15 is 0 Å². The second kappa shape index (κ2) is 5.09. The molecule has 0 fully saturated rings. The van der Waals surface area contributed by atoms with Gasteiger partial charge < -0.3 is 11.1 Å². The average Bonchev–Trinajstić information content (AvgIpc) is 2.62. The Kier molecular flexibility index (Phi) is 3.50. The molecule has 1 aromatic carbocycles. The van der Waals surface area contributed by atoms with Crippen molar-refractivity contribution in [2.24, 2.45) is 7.05 Å². The third kappa shape index (κ3) is 2.57. The Morgan fingerprint density at radius 3 is 2.74 bits per heavy atom. The van der Waals surface area contributed by atoms with Crippen LogP contribution in [0.1, 0.15) is 21.7 Å². The fourth-order valence-electron chi connectivity index (χ4n) is 1.84. The highest BCUT2D eigenvalue weighted by Crippen LogP contribution is 2.15. The third-order valence-electron chi connectivity index (χ3n) is 2.88. The number of halogens is 1. The van der Waals surface area contributed by atoms with Gasteiger partial charge in [0.05, 0.1) is 11.4 Å². The van der Waals surface area contributed by atoms with Gasteiger partial charge in [0.15, 0.2) is 0 Å². The number of nitrogens with two attached hydrogens (primary N) is 1. The number of aromatic nitrogens is 2. The Morgan fingerprint density at radius 2 is 2.16 bits per heavy atom. The molecule has 0 bridgehead atoms. The fraction of sp³-hybridized carbons (Fsp3) is 0.231. The van der Waals surface area contributed by atoms with Crippen molar-refractivity contribution in [1.29, 1.82) is 0 Å². The molecule has 0 atom stereocenters. The predicted molar refractivity (Wildman–Crippen MR) is 69.9 cm³/mol. The molecule has 0 spiro atoms. The zero-order valence-electron chi connectivity index (χ0n) is 10.8. The number of amides is 1. The summed E-state index contributed by atoms with van der Waals surface area (Å²) >= 11 is 0. The van der Waals surface area contributed by atoms with Crippen LogP contribution in [0.4, 0.5) is 10.1 Å². The van der Waals surface area contributed by atoms with Gasteiger partial charge in [-0.25, -0.2) is 4.39 Å². The number of nitrogens with one attached hydrogen (secondary N) is 1. The van der Waals surface area contributed by atoms with Crippen molar-refractivity contribution >= 4 is 11.6 Å². The fourth-order valence-corrected chi connectivity index (χ4v) is 1.84. The van der Waals surface area contributed by atoms with Crippen molar-refractivity contribution in [2.75, 3.05) is 5.73 Å². The Balaban J connectivity index is 2.12. The first-order valence-corrected chi connectivity index (χ1v) is 5.81. The van der Waals surface area contributed by atoms with Crippen LogP contribution in [-0.4, -0.2) is 15.7 Å². The molecule has 2 rings (SSSR count). The standard InChI is InChI=1S/C13H15FN4O/c1-8-11(15)12(18(2)17-8)13(19)16-7-9-5-3-4-6-10(9)14/h3-6H,7,15H2,1-2H3,(H,16,19). The molecule has 1 amide bonds. The minimum atomic E-state index is -0.371. The second-order valence-corrected chi connectivity index (χ2v) is 4.25. The molecule has 0 aliphatic rings. The van der Waals surface area contributed by atoms with Crippen molar-refractivity contribution in [2.45, 2.75) is 13.5 Å². The van der Waals surface area contributed by atoms with Crippen molar-refractivity contribution in [3.8, 4) is 0 Å². The molecule has 1 heterocycles. The minimum absolute atomic E-state index is 0.106. The van der Waals surface area contributed by atoms with Crippen molar-refractivity contribution in [1.82, 2.24) is 15.1 Å². The lowest BCUT2D eigenvalue weighted by Gasteiger charge is -2.07. The summed E-state index contributed by atoms with van der Waals surface area (Å²) < 4.78 is 14.8. The van der Waals surface area contributed by atoms with Crippen LogP contribution in [0.2, 0.25) is 0 Å². The van der Waals surface area contributed by atoms with Gasteiger partial charge in [0.25, 0.3) is 5.91 Å². The van der Waals surface area contributed by atoms with Crippen LogP contribution in [0.3, 0.4) is 0 Å². The maximum atomic E-state index is 13.4. The molecule has 2 aromatic rings. The quantitative estimate of drug-likeness (QED) is 0.877. The number of aryl methyl sites for hydroxylation is 2. The van der Waals surface area contributed by atoms with Gasteiger partial charge in [-0.05, 0) is 13.0 Å². The smallest absolute Gasteiger partial charge is 0.271 e. The summed E-state index contributed by atoms with van der Waals surface area (Å²) in [5.41, 5.74) is 7.43. The molecule has 100 valence electrons. The first-order chi connectivity index (χ1) is 9.00. The van der Waals surface area contributed by atoms with Crippen LogP contribution >= 0.6 is 0 Å². The molecule has 0 saturated heterocycles. The highest BCUT2D eigenvalue weighted by atomic mass is 19.1. The SMILES string of the molecule is Cc1nn(C)c(C(=O)NCc2ccccc2F)c1N. The van der Waals surface area contributed by atoms with Gasteiger partial charge in [-0.15, -0.1) is 0 Å². The largest absolute Gasteiger partial charge is 0.395 e. The highest BCUT2D eigenvalue weighted by Gasteiger charge is 2.17. The summed E-state index contributed by atoms with van der Waals surface area (Å²) in [5.74, 6) is -0.721. The van der Waals surface area contributed by atoms with Gasteiger partial charge in [0.1, 0.15) is 11.5 Å². The van der Waals surface area contributed by atoms with Crippen LogP contribution in [0.15, 0.2) is 24.3 Å². The van der Waals surface area contributed by atoms with E-state index in [1.165, 1.54) is 10.7 Å². The number of carbonyl (C=O) groups is 1. The number of carbonyl (C=O) groups excluding carboxylic acids is 1. The van der Waals surface area contributed by atoms with E-state index in [1.54, 1.807) is 32.2 Å². The van der Waals surface area contributed by atoms with Crippen molar-refractivity contribution in [3.05, 3.63) is 47.0 Å². The zero-order valence-corrected chi connectivity index (χ0v) is 10.8. The van der Waals surface area contributed by atoms with Gasteiger partial charge >= 0.3 is 0 Å². The number of nitrogens with zero attached hydrogens (tertiary/aromatic N) is 2. The number of benzene rings is 1. The molecule has 5 nitrogen and oxygen atoms in total. The summed E-state index contributed by atoms with van der Waals surface area (Å²) in [5, 5.41) is 6.69. The molecule has 1 aromatic heterocycles. The van der Waals surface area contributed by atoms with Gasteiger partial charge in [0.2, 0.25) is 0 Å². The third-order valence-corrected chi connectivity index (χ3v) is 2.88. The van der Waals surface area contributed by atoms with E-state index in [-0.39, 0.29) is 24.0 Å². The minimum Gasteiger partial charge on any atom is -0.395 e. The normalized spacial score (nSPS) is 10.5. The van der Waals surface area contributed by atoms with Gasteiger partial charge in [-0.2, -0.15) is 5.10 Å². The Morgan fingerprint density at radius 1 is 1.47 bits per heavy atom. The molecular formula is C13H15FN4O. The number of nitrogen functional groups attached to an aromatic ring is 1. The molecule has 0 radical (unpaired) electrons. The van der Waals surface area contributed by atoms with E-state index in [0.29, 0.717) is 16.9 Å². The van der Waals surface area contributed by atoms with E-state index in [9.17, 15) is 9.18 Å². The number of rotatable bonds is 3. The first-order valence-electron chi connectivity index (χ1n) is 5.81. The predicted octanol–water partition coefficient (Wildman–Crippen LogP) is 1.38. The van der Waals surface area contributed by atoms with E-state index in [4.69, 9.17) is 5.73 Å². The molecule has 0 unspecified atom stereocenters. The topological polar surface area (TPSA) is 72.9 Å². The van der Waals surface area contributed by atoms with E-state index in [1.807, 2.05) is 0 Å². The average molecular weight is 262 g/mol. The van der Waals surface area contributed by atoms with Crippen LogP contribution in [-0.2, 0) is 13.6 Å². The molecule has 0 aliphatic heterocycles. The zero-order chi connectivity index (χ0) is 14.0. The number of hydrogen-bond acceptors (Lipinski definition) is 3. The van der Waals surface area contributed by atoms with Gasteiger partial charge in [-0.3, -0.25) is 9.48 Å². The summed E-state index contributed by atoms with van der Waals surface area (Å²) in [4.78, 5) is 12.0. The van der Waals surface area contributed by atoms with Crippen LogP contribution in [0.25, 0.3) is 0 Å². The Bertz CT molecular complexity index is 621. The van der Waals surface area contributed by atoms with Crippen LogP contribution < -0.4 is 11.1 Å². The lowest BCUT2D eigenvalue weighted by Crippen LogP contribution is -2.26. The second-order valence-electron chi connectivity index (χ2n) is 4.25. The highest BCUT2D eigenvalue weighted by molar-refractivity contribution is 5.97. The van der Waals surface area contributed by atoms with Crippen molar-refractivity contribution in [3.63, 3.8) is 0 Å². The lowest BCUT2D eigenvalue weighted by molar-refractivity contribution is 0.0942. The summed E-state index contributed by atoms with van der Waals surface area (Å²) in [6.07, 6.45) is 0. The summed E-state index contributed by atoms with van der Waals surface area (Å²) in [6, 6.07) is 6.29. The van der Waals surface area contributed by atoms with Gasteiger partial charge in [-0.1, -0.05) is 18.2 Å². The maximum absolute atomic E-state index is 13.4. The first kappa shape index (κ1) is 13.1. The molecule has 3 N–H and O–H groups in total. The molecule has 6 heteroatoms. The van der Waals surface area contributed by atoms with E-state index in [0.717, 1.165) is 0 Å². The van der Waals surface area contributed by atoms with Crippen LogP contribution in [0.5, 0.6) is 0 Å². The Hall–Kier alpha value is -2.37. The van der Waals surface area contributed by atoms with Crippen molar-refractivity contribution < 1.29 is 9.18 Å². The molecule has 0 saturated carbocycles. The summed E-state index contributed by atoms with van der Waals surface area (Å²) in [7, 11) is 1.64. The van der Waals surface area contributed by atoms with E-state index in [2.05, 4.69) is 10.4 Å². The van der Waals surface area contributed by atoms with Crippen LogP contribution in [0, 0.1) is 12.7 Å². The maximum Gasteiger partial charge on any atom is 0.271 e. The molecular weight excluding hydrogens is 247 g/mol. The number of anilines is 1. The molecule has 0 aliphatic carbocycles. The molecule has 19 heavy (non-hydrogen) atoms.